The van der Waals surface area contributed by atoms with Gasteiger partial charge in [0.2, 0.25) is 0 Å². The summed E-state index contributed by atoms with van der Waals surface area (Å²) in [7, 11) is -3.06. The molecule has 4 atom stereocenters. The lowest BCUT2D eigenvalue weighted by Crippen LogP contribution is -2.53. The molecule has 2 aliphatic heterocycles. The molecule has 2 unspecified atom stereocenters. The van der Waals surface area contributed by atoms with Crippen LogP contribution >= 0.6 is 0 Å². The third kappa shape index (κ3) is 2.56. The summed E-state index contributed by atoms with van der Waals surface area (Å²) in [6, 6.07) is -0.251. The molecule has 2 heterocycles. The lowest BCUT2D eigenvalue weighted by molar-refractivity contribution is -0.0884. The molecule has 94 valence electrons. The first kappa shape index (κ1) is 12.3. The molecule has 0 radical (unpaired) electrons. The maximum absolute atomic E-state index is 11.4. The van der Waals surface area contributed by atoms with E-state index >= 15 is 0 Å². The third-order valence-corrected chi connectivity index (χ3v) is 4.91. The average Bonchev–Trinajstić information content (AvgIpc) is 2.38. The minimum Gasteiger partial charge on any atom is -0.390 e. The first-order valence-corrected chi connectivity index (χ1v) is 7.47. The fourth-order valence-corrected chi connectivity index (χ4v) is 4.48. The van der Waals surface area contributed by atoms with Gasteiger partial charge in [0.1, 0.15) is 0 Å². The molecule has 2 rings (SSSR count). The van der Waals surface area contributed by atoms with E-state index in [0.717, 1.165) is 0 Å². The van der Waals surface area contributed by atoms with Gasteiger partial charge in [-0.15, -0.1) is 0 Å². The van der Waals surface area contributed by atoms with Gasteiger partial charge in [-0.3, -0.25) is 4.90 Å². The van der Waals surface area contributed by atoms with Crippen molar-refractivity contribution in [2.75, 3.05) is 24.6 Å². The summed E-state index contributed by atoms with van der Waals surface area (Å²) in [5.41, 5.74) is 0. The molecular weight excluding hydrogens is 230 g/mol. The molecule has 0 amide bonds. The fraction of sp³-hybridized carbons (Fsp3) is 1.00. The zero-order chi connectivity index (χ0) is 11.9. The predicted octanol–water partition coefficient (Wildman–Crippen LogP) is -0.746. The number of morpholine rings is 1. The van der Waals surface area contributed by atoms with Crippen molar-refractivity contribution in [1.82, 2.24) is 4.90 Å². The highest BCUT2D eigenvalue weighted by molar-refractivity contribution is 7.91. The van der Waals surface area contributed by atoms with Gasteiger partial charge in [-0.05, 0) is 13.8 Å². The third-order valence-electron chi connectivity index (χ3n) is 3.21. The van der Waals surface area contributed by atoms with Crippen LogP contribution in [0.25, 0.3) is 0 Å². The van der Waals surface area contributed by atoms with Gasteiger partial charge in [0.05, 0.1) is 35.9 Å². The number of hydrogen-bond acceptors (Lipinski definition) is 5. The molecule has 0 bridgehead atoms. The maximum atomic E-state index is 11.4. The lowest BCUT2D eigenvalue weighted by atomic mass is 10.1. The van der Waals surface area contributed by atoms with Crippen molar-refractivity contribution in [2.24, 2.45) is 0 Å². The monoisotopic (exact) mass is 249 g/mol. The van der Waals surface area contributed by atoms with E-state index in [1.807, 2.05) is 18.7 Å². The average molecular weight is 249 g/mol. The van der Waals surface area contributed by atoms with Crippen molar-refractivity contribution in [2.45, 2.75) is 38.2 Å². The SMILES string of the molecule is CC1CN([C@@H]2CS(=O)(=O)C[C@H]2O)CC(C)O1. The number of aliphatic hydroxyl groups is 1. The quantitative estimate of drug-likeness (QED) is 0.662. The highest BCUT2D eigenvalue weighted by atomic mass is 32.2. The van der Waals surface area contributed by atoms with Crippen LogP contribution in [0, 0.1) is 0 Å². The van der Waals surface area contributed by atoms with E-state index in [4.69, 9.17) is 4.74 Å². The molecule has 5 nitrogen and oxygen atoms in total. The summed E-state index contributed by atoms with van der Waals surface area (Å²) in [4.78, 5) is 2.05. The summed E-state index contributed by atoms with van der Waals surface area (Å²) < 4.78 is 28.5. The Kier molecular flexibility index (Phi) is 3.27. The van der Waals surface area contributed by atoms with E-state index in [-0.39, 0.29) is 29.8 Å². The number of ether oxygens (including phenoxy) is 1. The fourth-order valence-electron chi connectivity index (χ4n) is 2.65. The Morgan fingerprint density at radius 3 is 2.19 bits per heavy atom. The van der Waals surface area contributed by atoms with Crippen LogP contribution in [0.4, 0.5) is 0 Å². The molecule has 0 aromatic heterocycles. The highest BCUT2D eigenvalue weighted by Gasteiger charge is 2.41. The van der Waals surface area contributed by atoms with Crippen LogP contribution < -0.4 is 0 Å². The molecule has 0 aliphatic carbocycles. The second-order valence-electron chi connectivity index (χ2n) is 4.92. The first-order valence-electron chi connectivity index (χ1n) is 5.65. The topological polar surface area (TPSA) is 66.8 Å². The smallest absolute Gasteiger partial charge is 0.154 e. The molecule has 6 heteroatoms. The number of rotatable bonds is 1. The van der Waals surface area contributed by atoms with Gasteiger partial charge in [-0.1, -0.05) is 0 Å². The van der Waals surface area contributed by atoms with Crippen LogP contribution in [0.3, 0.4) is 0 Å². The maximum Gasteiger partial charge on any atom is 0.154 e. The second kappa shape index (κ2) is 4.25. The molecule has 0 aromatic rings. The second-order valence-corrected chi connectivity index (χ2v) is 7.08. The van der Waals surface area contributed by atoms with Gasteiger partial charge in [0.25, 0.3) is 0 Å². The molecule has 0 spiro atoms. The van der Waals surface area contributed by atoms with E-state index in [1.165, 1.54) is 0 Å². The summed E-state index contributed by atoms with van der Waals surface area (Å²) in [5, 5.41) is 9.79. The van der Waals surface area contributed by atoms with Crippen LogP contribution in [0.1, 0.15) is 13.8 Å². The summed E-state index contributed by atoms with van der Waals surface area (Å²) in [6.07, 6.45) is -0.555. The lowest BCUT2D eigenvalue weighted by Gasteiger charge is -2.39. The molecule has 2 fully saturated rings. The number of sulfone groups is 1. The van der Waals surface area contributed by atoms with Gasteiger partial charge in [0.15, 0.2) is 9.84 Å². The summed E-state index contributed by atoms with van der Waals surface area (Å²) >= 11 is 0. The van der Waals surface area contributed by atoms with E-state index in [2.05, 4.69) is 0 Å². The van der Waals surface area contributed by atoms with E-state index < -0.39 is 15.9 Å². The number of nitrogens with zero attached hydrogens (tertiary/aromatic N) is 1. The molecule has 1 N–H and O–H groups in total. The van der Waals surface area contributed by atoms with Gasteiger partial charge >= 0.3 is 0 Å². The standard InChI is InChI=1S/C10H19NO4S/c1-7-3-11(4-8(2)15-7)9-5-16(13,14)6-10(9)12/h7-10,12H,3-6H2,1-2H3/t7?,8?,9-,10-/m1/s1. The van der Waals surface area contributed by atoms with Crippen molar-refractivity contribution in [1.29, 1.82) is 0 Å². The minimum atomic E-state index is -3.06. The molecule has 2 aliphatic rings. The van der Waals surface area contributed by atoms with Gasteiger partial charge in [0, 0.05) is 13.1 Å². The Balaban J connectivity index is 2.07. The van der Waals surface area contributed by atoms with Crippen LogP contribution in [-0.2, 0) is 14.6 Å². The Hall–Kier alpha value is -0.170. The zero-order valence-electron chi connectivity index (χ0n) is 9.67. The van der Waals surface area contributed by atoms with Crippen molar-refractivity contribution in [3.05, 3.63) is 0 Å². The molecular formula is C10H19NO4S. The van der Waals surface area contributed by atoms with E-state index in [0.29, 0.717) is 13.1 Å². The Morgan fingerprint density at radius 1 is 1.19 bits per heavy atom. The first-order chi connectivity index (χ1) is 7.37. The Bertz CT molecular complexity index is 346. The Labute approximate surface area is 96.3 Å². The van der Waals surface area contributed by atoms with Crippen LogP contribution in [-0.4, -0.2) is 67.4 Å². The Morgan fingerprint density at radius 2 is 1.75 bits per heavy atom. The summed E-state index contributed by atoms with van der Waals surface area (Å²) in [6.45, 7) is 5.33. The van der Waals surface area contributed by atoms with Crippen molar-refractivity contribution >= 4 is 9.84 Å². The predicted molar refractivity (Wildman–Crippen MR) is 60.0 cm³/mol. The van der Waals surface area contributed by atoms with Crippen molar-refractivity contribution in [3.63, 3.8) is 0 Å². The van der Waals surface area contributed by atoms with Crippen LogP contribution in [0.15, 0.2) is 0 Å². The van der Waals surface area contributed by atoms with Gasteiger partial charge < -0.3 is 9.84 Å². The minimum absolute atomic E-state index is 0.0770. The van der Waals surface area contributed by atoms with Crippen molar-refractivity contribution < 1.29 is 18.3 Å². The molecule has 2 saturated heterocycles. The van der Waals surface area contributed by atoms with E-state index in [9.17, 15) is 13.5 Å². The zero-order valence-corrected chi connectivity index (χ0v) is 10.5. The van der Waals surface area contributed by atoms with E-state index in [1.54, 1.807) is 0 Å². The number of aliphatic hydroxyl groups excluding tert-OH is 1. The highest BCUT2D eigenvalue weighted by Crippen LogP contribution is 2.22. The summed E-state index contributed by atoms with van der Waals surface area (Å²) in [5.74, 6) is -0.0224. The van der Waals surface area contributed by atoms with Crippen molar-refractivity contribution in [3.8, 4) is 0 Å². The van der Waals surface area contributed by atoms with Gasteiger partial charge in [-0.25, -0.2) is 8.42 Å². The molecule has 16 heavy (non-hydrogen) atoms. The number of hydrogen-bond donors (Lipinski definition) is 1. The molecule has 0 aromatic carbocycles. The van der Waals surface area contributed by atoms with Gasteiger partial charge in [-0.2, -0.15) is 0 Å². The largest absolute Gasteiger partial charge is 0.390 e. The van der Waals surface area contributed by atoms with Crippen LogP contribution in [0.5, 0.6) is 0 Å². The molecule has 0 saturated carbocycles. The normalized spacial score (nSPS) is 44.7. The van der Waals surface area contributed by atoms with Crippen LogP contribution in [0.2, 0.25) is 0 Å².